The van der Waals surface area contributed by atoms with Crippen LogP contribution in [-0.2, 0) is 4.79 Å². The van der Waals surface area contributed by atoms with E-state index in [9.17, 15) is 14.3 Å². The van der Waals surface area contributed by atoms with Gasteiger partial charge >= 0.3 is 5.97 Å². The molecule has 1 aromatic carbocycles. The Morgan fingerprint density at radius 1 is 1.39 bits per heavy atom. The number of carboxylic acid groups (broad SMARTS) is 1. The van der Waals surface area contributed by atoms with Crippen LogP contribution in [0.15, 0.2) is 40.2 Å². The van der Waals surface area contributed by atoms with Crippen molar-refractivity contribution in [3.05, 3.63) is 56.4 Å². The lowest BCUT2D eigenvalue weighted by Crippen LogP contribution is -1.97. The third kappa shape index (κ3) is 2.86. The van der Waals surface area contributed by atoms with Crippen molar-refractivity contribution in [1.29, 1.82) is 0 Å². The minimum absolute atomic E-state index is 0.198. The summed E-state index contributed by atoms with van der Waals surface area (Å²) in [7, 11) is 0. The second kappa shape index (κ2) is 5.46. The summed E-state index contributed by atoms with van der Waals surface area (Å²) in [5.41, 5.74) is 0.831. The molecule has 0 radical (unpaired) electrons. The van der Waals surface area contributed by atoms with Crippen LogP contribution in [0.1, 0.15) is 10.4 Å². The highest BCUT2D eigenvalue weighted by Crippen LogP contribution is 2.25. The molecule has 92 valence electrons. The topological polar surface area (TPSA) is 37.3 Å². The molecular formula is C13H8BrFO2S. The van der Waals surface area contributed by atoms with Crippen LogP contribution in [0.5, 0.6) is 0 Å². The van der Waals surface area contributed by atoms with E-state index in [1.807, 2.05) is 5.38 Å². The molecule has 2 nitrogen and oxygen atoms in total. The summed E-state index contributed by atoms with van der Waals surface area (Å²) >= 11 is 4.42. The van der Waals surface area contributed by atoms with E-state index in [2.05, 4.69) is 15.9 Å². The molecular weight excluding hydrogens is 319 g/mol. The number of carboxylic acids is 1. The number of thiophene rings is 1. The van der Waals surface area contributed by atoms with Crippen molar-refractivity contribution in [2.45, 2.75) is 0 Å². The summed E-state index contributed by atoms with van der Waals surface area (Å²) in [6.45, 7) is 0. The summed E-state index contributed by atoms with van der Waals surface area (Å²) in [6, 6.07) is 7.91. The Morgan fingerprint density at radius 2 is 2.17 bits per heavy atom. The summed E-state index contributed by atoms with van der Waals surface area (Å²) in [5.74, 6) is -1.38. The van der Waals surface area contributed by atoms with Gasteiger partial charge in [0, 0.05) is 4.88 Å². The van der Waals surface area contributed by atoms with Gasteiger partial charge in [0.15, 0.2) is 0 Å². The van der Waals surface area contributed by atoms with Crippen molar-refractivity contribution in [3.8, 4) is 0 Å². The number of aliphatic carboxylic acids is 1. The minimum atomic E-state index is -1.00. The van der Waals surface area contributed by atoms with E-state index in [-0.39, 0.29) is 11.4 Å². The average Bonchev–Trinajstić information content (AvgIpc) is 2.83. The molecule has 0 aliphatic heterocycles. The van der Waals surface area contributed by atoms with Gasteiger partial charge in [0.1, 0.15) is 5.82 Å². The van der Waals surface area contributed by atoms with E-state index in [1.54, 1.807) is 18.2 Å². The van der Waals surface area contributed by atoms with Gasteiger partial charge in [-0.05, 0) is 51.1 Å². The highest BCUT2D eigenvalue weighted by molar-refractivity contribution is 9.10. The molecule has 0 amide bonds. The first kappa shape index (κ1) is 13.0. The summed E-state index contributed by atoms with van der Waals surface area (Å²) < 4.78 is 13.4. The summed E-state index contributed by atoms with van der Waals surface area (Å²) in [6.07, 6.45) is 1.53. The van der Waals surface area contributed by atoms with Crippen molar-refractivity contribution in [2.75, 3.05) is 0 Å². The Balaban J connectivity index is 2.45. The van der Waals surface area contributed by atoms with E-state index >= 15 is 0 Å². The van der Waals surface area contributed by atoms with Gasteiger partial charge < -0.3 is 5.11 Å². The fourth-order valence-corrected chi connectivity index (χ4v) is 2.57. The number of halogens is 2. The molecule has 0 fully saturated rings. The number of hydrogen-bond donors (Lipinski definition) is 1. The summed E-state index contributed by atoms with van der Waals surface area (Å²) in [5, 5.41) is 11.0. The molecule has 0 aliphatic carbocycles. The lowest BCUT2D eigenvalue weighted by molar-refractivity contribution is -0.130. The SMILES string of the molecule is O=C(O)/C(=C\c1ccc(F)c(Br)c1)c1cccs1. The molecule has 1 N–H and O–H groups in total. The Kier molecular flexibility index (Phi) is 3.93. The van der Waals surface area contributed by atoms with Crippen LogP contribution in [-0.4, -0.2) is 11.1 Å². The van der Waals surface area contributed by atoms with Gasteiger partial charge in [-0.3, -0.25) is 0 Å². The Hall–Kier alpha value is -1.46. The number of carbonyl (C=O) groups is 1. The summed E-state index contributed by atoms with van der Waals surface area (Å²) in [4.78, 5) is 11.9. The van der Waals surface area contributed by atoms with Crippen molar-refractivity contribution in [1.82, 2.24) is 0 Å². The standard InChI is InChI=1S/C13H8BrFO2S/c14-10-7-8(3-4-11(10)15)6-9(13(16)17)12-2-1-5-18-12/h1-7H,(H,16,17)/b9-6-. The molecule has 0 atom stereocenters. The normalized spacial score (nSPS) is 11.6. The van der Waals surface area contributed by atoms with Crippen LogP contribution >= 0.6 is 27.3 Å². The molecule has 1 heterocycles. The third-order valence-corrected chi connectivity index (χ3v) is 3.78. The number of benzene rings is 1. The van der Waals surface area contributed by atoms with Crippen LogP contribution < -0.4 is 0 Å². The van der Waals surface area contributed by atoms with Gasteiger partial charge in [0.25, 0.3) is 0 Å². The average molecular weight is 327 g/mol. The van der Waals surface area contributed by atoms with Crippen LogP contribution in [0.4, 0.5) is 4.39 Å². The predicted octanol–water partition coefficient (Wildman–Crippen LogP) is 4.27. The molecule has 0 saturated carbocycles. The molecule has 2 aromatic rings. The zero-order valence-electron chi connectivity index (χ0n) is 9.06. The van der Waals surface area contributed by atoms with Crippen LogP contribution in [0.25, 0.3) is 11.6 Å². The van der Waals surface area contributed by atoms with Gasteiger partial charge in [-0.2, -0.15) is 0 Å². The van der Waals surface area contributed by atoms with Gasteiger partial charge in [-0.1, -0.05) is 12.1 Å². The molecule has 0 spiro atoms. The highest BCUT2D eigenvalue weighted by atomic mass is 79.9. The van der Waals surface area contributed by atoms with Crippen molar-refractivity contribution < 1.29 is 14.3 Å². The fourth-order valence-electron chi connectivity index (χ4n) is 1.44. The molecule has 1 aromatic heterocycles. The third-order valence-electron chi connectivity index (χ3n) is 2.27. The Labute approximate surface area is 116 Å². The second-order valence-electron chi connectivity index (χ2n) is 3.51. The van der Waals surface area contributed by atoms with E-state index in [0.29, 0.717) is 14.9 Å². The largest absolute Gasteiger partial charge is 0.478 e. The van der Waals surface area contributed by atoms with Crippen molar-refractivity contribution in [3.63, 3.8) is 0 Å². The highest BCUT2D eigenvalue weighted by Gasteiger charge is 2.11. The monoisotopic (exact) mass is 326 g/mol. The molecule has 0 saturated heterocycles. The predicted molar refractivity (Wildman–Crippen MR) is 73.9 cm³/mol. The molecule has 5 heteroatoms. The van der Waals surface area contributed by atoms with Crippen LogP contribution in [0.2, 0.25) is 0 Å². The maximum Gasteiger partial charge on any atom is 0.337 e. The van der Waals surface area contributed by atoms with Crippen molar-refractivity contribution >= 4 is 44.9 Å². The second-order valence-corrected chi connectivity index (χ2v) is 5.32. The lowest BCUT2D eigenvalue weighted by atomic mass is 10.1. The smallest absolute Gasteiger partial charge is 0.337 e. The van der Waals surface area contributed by atoms with E-state index in [4.69, 9.17) is 0 Å². The van der Waals surface area contributed by atoms with Crippen LogP contribution in [0.3, 0.4) is 0 Å². The first-order valence-corrected chi connectivity index (χ1v) is 6.69. The van der Waals surface area contributed by atoms with Gasteiger partial charge in [0.2, 0.25) is 0 Å². The van der Waals surface area contributed by atoms with E-state index in [1.165, 1.54) is 29.5 Å². The minimum Gasteiger partial charge on any atom is -0.478 e. The van der Waals surface area contributed by atoms with Gasteiger partial charge in [0.05, 0.1) is 10.0 Å². The Morgan fingerprint density at radius 3 is 2.72 bits per heavy atom. The lowest BCUT2D eigenvalue weighted by Gasteiger charge is -2.01. The maximum absolute atomic E-state index is 13.1. The maximum atomic E-state index is 13.1. The first-order valence-electron chi connectivity index (χ1n) is 5.02. The van der Waals surface area contributed by atoms with E-state index in [0.717, 1.165) is 0 Å². The molecule has 0 bridgehead atoms. The van der Waals surface area contributed by atoms with Crippen molar-refractivity contribution in [2.24, 2.45) is 0 Å². The zero-order chi connectivity index (χ0) is 13.1. The number of rotatable bonds is 3. The fraction of sp³-hybridized carbons (Fsp3) is 0. The van der Waals surface area contributed by atoms with E-state index < -0.39 is 5.97 Å². The van der Waals surface area contributed by atoms with Gasteiger partial charge in [-0.25, -0.2) is 9.18 Å². The quantitative estimate of drug-likeness (QED) is 0.855. The molecule has 18 heavy (non-hydrogen) atoms. The number of hydrogen-bond acceptors (Lipinski definition) is 2. The first-order chi connectivity index (χ1) is 8.58. The Bertz CT molecular complexity index is 605. The zero-order valence-corrected chi connectivity index (χ0v) is 11.5. The van der Waals surface area contributed by atoms with Gasteiger partial charge in [-0.15, -0.1) is 11.3 Å². The van der Waals surface area contributed by atoms with Crippen LogP contribution in [0, 0.1) is 5.82 Å². The molecule has 0 aliphatic rings. The molecule has 2 rings (SSSR count). The molecule has 0 unspecified atom stereocenters.